The molecule has 0 radical (unpaired) electrons. The summed E-state index contributed by atoms with van der Waals surface area (Å²) in [5, 5.41) is 25.3. The van der Waals surface area contributed by atoms with Crippen LogP contribution in [0.25, 0.3) is 0 Å². The van der Waals surface area contributed by atoms with E-state index in [1.807, 2.05) is 0 Å². The minimum Gasteiger partial charge on any atom is -0.625 e. The molecule has 0 fully saturated rings. The van der Waals surface area contributed by atoms with Crippen molar-refractivity contribution in [2.24, 2.45) is 0 Å². The van der Waals surface area contributed by atoms with Crippen molar-refractivity contribution in [2.75, 3.05) is 26.4 Å². The number of aliphatic carboxylic acids is 1. The van der Waals surface area contributed by atoms with Crippen LogP contribution in [0.3, 0.4) is 0 Å². The molecule has 0 bridgehead atoms. The summed E-state index contributed by atoms with van der Waals surface area (Å²) in [5.74, 6) is -1.11. The van der Waals surface area contributed by atoms with Gasteiger partial charge in [0, 0.05) is 6.92 Å². The molecule has 0 aliphatic heterocycles. The predicted octanol–water partition coefficient (Wildman–Crippen LogP) is -0.666. The Morgan fingerprint density at radius 3 is 2.10 bits per heavy atom. The van der Waals surface area contributed by atoms with Gasteiger partial charge in [-0.05, 0) is 12.1 Å². The normalized spacial score (nSPS) is 11.2. The first-order valence-electron chi connectivity index (χ1n) is 5.93. The van der Waals surface area contributed by atoms with Gasteiger partial charge in [-0.25, -0.2) is 4.79 Å². The summed E-state index contributed by atoms with van der Waals surface area (Å²) < 4.78 is 4.63. The summed E-state index contributed by atoms with van der Waals surface area (Å²) in [5.41, 5.74) is 0. The van der Waals surface area contributed by atoms with Gasteiger partial charge in [-0.3, -0.25) is 0 Å². The lowest BCUT2D eigenvalue weighted by molar-refractivity contribution is -0.150. The van der Waals surface area contributed by atoms with Crippen LogP contribution >= 0.6 is 7.77 Å². The fraction of sp³-hybridized carbons (Fsp3) is 0.385. The number of carbonyl (C=O) groups is 1. The van der Waals surface area contributed by atoms with Crippen molar-refractivity contribution >= 4 is 24.3 Å². The first-order valence-corrected chi connectivity index (χ1v) is 7.19. The molecule has 6 nitrogen and oxygen atoms in total. The molecule has 7 heteroatoms. The van der Waals surface area contributed by atoms with Gasteiger partial charge in [0.15, 0.2) is 0 Å². The van der Waals surface area contributed by atoms with E-state index in [9.17, 15) is 9.69 Å². The number of ether oxygens (including phenoxy) is 1. The summed E-state index contributed by atoms with van der Waals surface area (Å²) in [6.45, 7) is 2.06. The number of aliphatic hydroxyl groups is 2. The molecule has 1 rings (SSSR count). The summed E-state index contributed by atoms with van der Waals surface area (Å²) in [7, 11) is -1.91. The SMILES string of the molecule is C/C(C(=O)O)=[P+](/[O-])c1ccccc1.OCCOCCO. The Balaban J connectivity index is 0.000000441. The van der Waals surface area contributed by atoms with Crippen LogP contribution in [0.15, 0.2) is 30.3 Å². The summed E-state index contributed by atoms with van der Waals surface area (Å²) in [6, 6.07) is 8.58. The Morgan fingerprint density at radius 2 is 1.70 bits per heavy atom. The van der Waals surface area contributed by atoms with Crippen LogP contribution in [-0.4, -0.2) is 53.0 Å². The van der Waals surface area contributed by atoms with Gasteiger partial charge in [-0.1, -0.05) is 18.2 Å². The molecule has 0 spiro atoms. The van der Waals surface area contributed by atoms with E-state index < -0.39 is 13.7 Å². The van der Waals surface area contributed by atoms with Gasteiger partial charge >= 0.3 is 5.97 Å². The van der Waals surface area contributed by atoms with Crippen molar-refractivity contribution < 1.29 is 29.7 Å². The number of rotatable bonds is 6. The van der Waals surface area contributed by atoms with Crippen molar-refractivity contribution in [1.82, 2.24) is 0 Å². The van der Waals surface area contributed by atoms with Crippen LogP contribution in [0.5, 0.6) is 0 Å². The molecule has 0 saturated heterocycles. The Bertz CT molecular complexity index is 414. The number of carboxylic acids is 1. The molecule has 0 saturated carbocycles. The second kappa shape index (κ2) is 11.5. The van der Waals surface area contributed by atoms with E-state index in [1.54, 1.807) is 30.3 Å². The Kier molecular flexibility index (Phi) is 10.8. The number of hydrogen-bond acceptors (Lipinski definition) is 5. The van der Waals surface area contributed by atoms with Crippen LogP contribution in [0, 0.1) is 0 Å². The molecule has 20 heavy (non-hydrogen) atoms. The zero-order valence-electron chi connectivity index (χ0n) is 11.2. The Morgan fingerprint density at radius 1 is 1.20 bits per heavy atom. The number of carboxylic acid groups (broad SMARTS) is 1. The zero-order valence-corrected chi connectivity index (χ0v) is 12.1. The van der Waals surface area contributed by atoms with Gasteiger partial charge < -0.3 is 24.9 Å². The summed E-state index contributed by atoms with van der Waals surface area (Å²) in [4.78, 5) is 22.0. The maximum Gasteiger partial charge on any atom is 0.374 e. The molecule has 0 heterocycles. The predicted molar refractivity (Wildman–Crippen MR) is 76.3 cm³/mol. The molecule has 0 aliphatic carbocycles. The average molecular weight is 302 g/mol. The minimum absolute atomic E-state index is 0.0128. The van der Waals surface area contributed by atoms with Crippen molar-refractivity contribution in [1.29, 1.82) is 0 Å². The minimum atomic E-state index is -1.91. The molecular weight excluding hydrogens is 283 g/mol. The van der Waals surface area contributed by atoms with E-state index in [-0.39, 0.29) is 18.5 Å². The van der Waals surface area contributed by atoms with Gasteiger partial charge in [-0.2, -0.15) is 0 Å². The lowest BCUT2D eigenvalue weighted by atomic mass is 10.4. The number of benzene rings is 1. The fourth-order valence-corrected chi connectivity index (χ4v) is 2.08. The molecule has 1 atom stereocenters. The molecule has 1 aromatic rings. The lowest BCUT2D eigenvalue weighted by Gasteiger charge is -1.98. The lowest BCUT2D eigenvalue weighted by Crippen LogP contribution is -2.16. The van der Waals surface area contributed by atoms with E-state index in [2.05, 4.69) is 4.74 Å². The van der Waals surface area contributed by atoms with Crippen LogP contribution in [0.4, 0.5) is 0 Å². The monoisotopic (exact) mass is 302 g/mol. The third-order valence-corrected chi connectivity index (χ3v) is 3.64. The molecule has 1 aromatic carbocycles. The standard InChI is InChI=1S/C9H9O3P.C4H10O3/c1-7(9(10)11)13(12)8-5-3-2-4-6-8;5-1-3-7-4-2-6/h2-6H,1H3,(H,10,11);5-6H,1-4H2. The largest absolute Gasteiger partial charge is 0.625 e. The highest BCUT2D eigenvalue weighted by Gasteiger charge is 2.14. The van der Waals surface area contributed by atoms with Gasteiger partial charge in [0.05, 0.1) is 26.4 Å². The average Bonchev–Trinajstić information content (AvgIpc) is 2.48. The summed E-state index contributed by atoms with van der Waals surface area (Å²) >= 11 is 0. The highest BCUT2D eigenvalue weighted by atomic mass is 31.1. The van der Waals surface area contributed by atoms with E-state index in [0.717, 1.165) is 0 Å². The highest BCUT2D eigenvalue weighted by molar-refractivity contribution is 7.61. The summed E-state index contributed by atoms with van der Waals surface area (Å²) in [6.07, 6.45) is 0. The topological polar surface area (TPSA) is 110 Å². The first-order chi connectivity index (χ1) is 9.54. The van der Waals surface area contributed by atoms with Crippen LogP contribution in [0.1, 0.15) is 6.92 Å². The second-order valence-electron chi connectivity index (χ2n) is 3.58. The zero-order chi connectivity index (χ0) is 15.4. The van der Waals surface area contributed by atoms with E-state index in [4.69, 9.17) is 15.3 Å². The molecule has 0 aromatic heterocycles. The van der Waals surface area contributed by atoms with Crippen molar-refractivity contribution in [3.05, 3.63) is 30.3 Å². The molecule has 112 valence electrons. The molecule has 0 aliphatic rings. The van der Waals surface area contributed by atoms with Crippen LogP contribution in [0.2, 0.25) is 0 Å². The van der Waals surface area contributed by atoms with Crippen LogP contribution in [-0.2, 0) is 9.53 Å². The number of hydrogen-bond donors (Lipinski definition) is 3. The van der Waals surface area contributed by atoms with Crippen LogP contribution < -0.4 is 10.2 Å². The van der Waals surface area contributed by atoms with Crippen molar-refractivity contribution in [3.63, 3.8) is 0 Å². The maximum absolute atomic E-state index is 11.5. The van der Waals surface area contributed by atoms with Gasteiger partial charge in [0.25, 0.3) is 0 Å². The van der Waals surface area contributed by atoms with Gasteiger partial charge in [0.1, 0.15) is 13.1 Å². The maximum atomic E-state index is 11.5. The van der Waals surface area contributed by atoms with E-state index >= 15 is 0 Å². The third-order valence-electron chi connectivity index (χ3n) is 2.08. The van der Waals surface area contributed by atoms with E-state index in [0.29, 0.717) is 18.5 Å². The molecule has 1 unspecified atom stereocenters. The molecule has 0 amide bonds. The fourth-order valence-electron chi connectivity index (χ4n) is 1.08. The number of aliphatic hydroxyl groups excluding tert-OH is 2. The highest BCUT2D eigenvalue weighted by Crippen LogP contribution is 2.12. The van der Waals surface area contributed by atoms with Gasteiger partial charge in [-0.15, -0.1) is 0 Å². The smallest absolute Gasteiger partial charge is 0.374 e. The van der Waals surface area contributed by atoms with Crippen molar-refractivity contribution in [3.8, 4) is 0 Å². The van der Waals surface area contributed by atoms with Gasteiger partial charge in [0.2, 0.25) is 5.29 Å². The molecule has 3 N–H and O–H groups in total. The Labute approximate surface area is 118 Å². The first kappa shape index (κ1) is 18.7. The third kappa shape index (κ3) is 7.99. The Hall–Kier alpha value is -1.30. The quantitative estimate of drug-likeness (QED) is 0.475. The molecular formula is C13H19O6P. The second-order valence-corrected chi connectivity index (χ2v) is 5.36. The van der Waals surface area contributed by atoms with E-state index in [1.165, 1.54) is 6.92 Å². The van der Waals surface area contributed by atoms with Crippen molar-refractivity contribution in [2.45, 2.75) is 6.92 Å².